The Bertz CT molecular complexity index is 793. The lowest BCUT2D eigenvalue weighted by molar-refractivity contribution is -0.130. The van der Waals surface area contributed by atoms with Crippen LogP contribution in [0.3, 0.4) is 0 Å². The van der Waals surface area contributed by atoms with Crippen molar-refractivity contribution in [1.29, 1.82) is 0 Å². The van der Waals surface area contributed by atoms with Crippen LogP contribution in [0.25, 0.3) is 0 Å². The summed E-state index contributed by atoms with van der Waals surface area (Å²) in [5, 5.41) is 3.62. The van der Waals surface area contributed by atoms with Gasteiger partial charge >= 0.3 is 0 Å². The third-order valence-electron chi connectivity index (χ3n) is 4.68. The number of thiazole rings is 1. The molecule has 2 amide bonds. The molecule has 1 aliphatic rings. The molecule has 1 saturated heterocycles. The van der Waals surface area contributed by atoms with E-state index in [1.54, 1.807) is 4.90 Å². The van der Waals surface area contributed by atoms with E-state index in [0.29, 0.717) is 31.1 Å². The number of likely N-dealkylation sites (tertiary alicyclic amines) is 1. The van der Waals surface area contributed by atoms with E-state index < -0.39 is 0 Å². The summed E-state index contributed by atoms with van der Waals surface area (Å²) in [4.78, 5) is 31.6. The average Bonchev–Trinajstić information content (AvgIpc) is 3.00. The van der Waals surface area contributed by atoms with E-state index >= 15 is 0 Å². The number of rotatable bonds is 5. The molecule has 3 rings (SSSR count). The van der Waals surface area contributed by atoms with Gasteiger partial charge in [-0.25, -0.2) is 4.98 Å². The Labute approximate surface area is 157 Å². The van der Waals surface area contributed by atoms with Gasteiger partial charge in [0, 0.05) is 30.3 Å². The van der Waals surface area contributed by atoms with Crippen molar-refractivity contribution >= 4 is 28.3 Å². The molecular weight excluding hydrogens is 346 g/mol. The van der Waals surface area contributed by atoms with Crippen molar-refractivity contribution in [3.05, 3.63) is 59.1 Å². The molecule has 0 bridgehead atoms. The van der Waals surface area contributed by atoms with Crippen LogP contribution in [0.5, 0.6) is 0 Å². The maximum Gasteiger partial charge on any atom is 0.245 e. The first kappa shape index (κ1) is 18.3. The summed E-state index contributed by atoms with van der Waals surface area (Å²) in [7, 11) is 0. The molecule has 0 aliphatic carbocycles. The first-order chi connectivity index (χ1) is 12.6. The van der Waals surface area contributed by atoms with E-state index in [-0.39, 0.29) is 17.7 Å². The predicted molar refractivity (Wildman–Crippen MR) is 104 cm³/mol. The van der Waals surface area contributed by atoms with E-state index in [9.17, 15) is 9.59 Å². The van der Waals surface area contributed by atoms with Gasteiger partial charge in [-0.3, -0.25) is 9.59 Å². The minimum Gasteiger partial charge on any atom is -0.339 e. The van der Waals surface area contributed by atoms with Crippen molar-refractivity contribution in [3.63, 3.8) is 0 Å². The Morgan fingerprint density at radius 3 is 2.65 bits per heavy atom. The third-order valence-corrected chi connectivity index (χ3v) is 5.76. The highest BCUT2D eigenvalue weighted by Gasteiger charge is 2.27. The molecule has 1 fully saturated rings. The van der Waals surface area contributed by atoms with Gasteiger partial charge < -0.3 is 10.2 Å². The van der Waals surface area contributed by atoms with Gasteiger partial charge in [0.25, 0.3) is 0 Å². The maximum atomic E-state index is 12.5. The largest absolute Gasteiger partial charge is 0.339 e. The molecule has 0 atom stereocenters. The zero-order valence-corrected chi connectivity index (χ0v) is 15.7. The first-order valence-electron chi connectivity index (χ1n) is 8.79. The van der Waals surface area contributed by atoms with Crippen LogP contribution in [0.2, 0.25) is 0 Å². The predicted octanol–water partition coefficient (Wildman–Crippen LogP) is 3.41. The summed E-state index contributed by atoms with van der Waals surface area (Å²) in [5.74, 6) is -0.147. The van der Waals surface area contributed by atoms with Crippen molar-refractivity contribution < 1.29 is 9.59 Å². The summed E-state index contributed by atoms with van der Waals surface area (Å²) in [6, 6.07) is 10.2. The second-order valence-electron chi connectivity index (χ2n) is 6.48. The fourth-order valence-corrected chi connectivity index (χ4v) is 4.13. The highest BCUT2D eigenvalue weighted by Crippen LogP contribution is 2.27. The number of benzene rings is 1. The van der Waals surface area contributed by atoms with E-state index in [0.717, 1.165) is 17.0 Å². The van der Waals surface area contributed by atoms with Crippen LogP contribution in [0.15, 0.2) is 43.0 Å². The van der Waals surface area contributed by atoms with Gasteiger partial charge in [-0.15, -0.1) is 11.3 Å². The van der Waals surface area contributed by atoms with Gasteiger partial charge in [0.2, 0.25) is 11.8 Å². The number of hydrogen-bond donors (Lipinski definition) is 1. The number of nitrogens with zero attached hydrogens (tertiary/aromatic N) is 2. The van der Waals surface area contributed by atoms with Crippen LogP contribution in [0.4, 0.5) is 5.13 Å². The Balaban J connectivity index is 1.58. The third kappa shape index (κ3) is 4.38. The molecule has 136 valence electrons. The summed E-state index contributed by atoms with van der Waals surface area (Å²) in [5.41, 5.74) is 2.19. The fourth-order valence-electron chi connectivity index (χ4n) is 3.13. The van der Waals surface area contributed by atoms with Crippen molar-refractivity contribution in [2.24, 2.45) is 5.92 Å². The standard InChI is InChI=1S/C20H23N3O2S/c1-3-18(24)23-11-9-16(10-12-23)19(25)22-20-21-14(2)17(26-20)13-15-7-5-4-6-8-15/h3-8,16H,1,9-13H2,2H3,(H,21,22,25). The molecule has 0 spiro atoms. The Kier molecular flexibility index (Phi) is 5.83. The molecule has 0 saturated carbocycles. The molecule has 1 aliphatic heterocycles. The van der Waals surface area contributed by atoms with E-state index in [4.69, 9.17) is 0 Å². The molecule has 26 heavy (non-hydrogen) atoms. The molecule has 5 nitrogen and oxygen atoms in total. The molecule has 0 unspecified atom stereocenters. The molecular formula is C20H23N3O2S. The van der Waals surface area contributed by atoms with Crippen LogP contribution in [-0.4, -0.2) is 34.8 Å². The quantitative estimate of drug-likeness (QED) is 0.822. The van der Waals surface area contributed by atoms with Gasteiger partial charge in [-0.05, 0) is 31.4 Å². The van der Waals surface area contributed by atoms with Crippen molar-refractivity contribution in [3.8, 4) is 0 Å². The van der Waals surface area contributed by atoms with Crippen molar-refractivity contribution in [2.45, 2.75) is 26.2 Å². The highest BCUT2D eigenvalue weighted by atomic mass is 32.1. The molecule has 2 aromatic rings. The second-order valence-corrected chi connectivity index (χ2v) is 7.57. The number of carbonyl (C=O) groups excluding carboxylic acids is 2. The molecule has 0 radical (unpaired) electrons. The smallest absolute Gasteiger partial charge is 0.245 e. The second kappa shape index (κ2) is 8.27. The average molecular weight is 369 g/mol. The molecule has 1 aromatic carbocycles. The summed E-state index contributed by atoms with van der Waals surface area (Å²) >= 11 is 1.53. The molecule has 6 heteroatoms. The first-order valence-corrected chi connectivity index (χ1v) is 9.61. The zero-order chi connectivity index (χ0) is 18.5. The number of aryl methyl sites for hydroxylation is 1. The molecule has 2 heterocycles. The normalized spacial score (nSPS) is 14.9. The lowest BCUT2D eigenvalue weighted by atomic mass is 9.96. The summed E-state index contributed by atoms with van der Waals surface area (Å²) in [6.45, 7) is 6.68. The Morgan fingerprint density at radius 1 is 1.31 bits per heavy atom. The van der Waals surface area contributed by atoms with E-state index in [2.05, 4.69) is 29.0 Å². The topological polar surface area (TPSA) is 62.3 Å². The van der Waals surface area contributed by atoms with Crippen LogP contribution in [-0.2, 0) is 16.0 Å². The zero-order valence-electron chi connectivity index (χ0n) is 14.9. The number of aromatic nitrogens is 1. The SMILES string of the molecule is C=CC(=O)N1CCC(C(=O)Nc2nc(C)c(Cc3ccccc3)s2)CC1. The van der Waals surface area contributed by atoms with Gasteiger partial charge in [0.05, 0.1) is 5.69 Å². The minimum atomic E-state index is -0.0781. The summed E-state index contributed by atoms with van der Waals surface area (Å²) < 4.78 is 0. The molecule has 1 aromatic heterocycles. The maximum absolute atomic E-state index is 12.5. The minimum absolute atomic E-state index is 0.00397. The monoisotopic (exact) mass is 369 g/mol. The van der Waals surface area contributed by atoms with Gasteiger partial charge in [0.15, 0.2) is 5.13 Å². The number of piperidine rings is 1. The number of hydrogen-bond acceptors (Lipinski definition) is 4. The van der Waals surface area contributed by atoms with E-state index in [1.807, 2.05) is 25.1 Å². The number of carbonyl (C=O) groups is 2. The van der Waals surface area contributed by atoms with Crippen LogP contribution in [0.1, 0.15) is 29.0 Å². The van der Waals surface area contributed by atoms with E-state index in [1.165, 1.54) is 23.0 Å². The van der Waals surface area contributed by atoms with Crippen LogP contribution >= 0.6 is 11.3 Å². The summed E-state index contributed by atoms with van der Waals surface area (Å²) in [6.07, 6.45) is 3.49. The van der Waals surface area contributed by atoms with Crippen LogP contribution < -0.4 is 5.32 Å². The van der Waals surface area contributed by atoms with Gasteiger partial charge in [-0.2, -0.15) is 0 Å². The van der Waals surface area contributed by atoms with Gasteiger partial charge in [-0.1, -0.05) is 36.9 Å². The highest BCUT2D eigenvalue weighted by molar-refractivity contribution is 7.15. The van der Waals surface area contributed by atoms with Crippen LogP contribution in [0, 0.1) is 12.8 Å². The fraction of sp³-hybridized carbons (Fsp3) is 0.350. The number of anilines is 1. The number of nitrogens with one attached hydrogen (secondary N) is 1. The van der Waals surface area contributed by atoms with Crippen molar-refractivity contribution in [1.82, 2.24) is 9.88 Å². The Hall–Kier alpha value is -2.47. The van der Waals surface area contributed by atoms with Crippen molar-refractivity contribution in [2.75, 3.05) is 18.4 Å². The Morgan fingerprint density at radius 2 is 2.00 bits per heavy atom. The van der Waals surface area contributed by atoms with Gasteiger partial charge in [0.1, 0.15) is 0 Å². The number of amides is 2. The molecule has 1 N–H and O–H groups in total. The lowest BCUT2D eigenvalue weighted by Crippen LogP contribution is -2.40. The lowest BCUT2D eigenvalue weighted by Gasteiger charge is -2.30.